The number of halogens is 4. The number of unbranched alkanes of at least 4 members (excludes halogenated alkanes) is 1. The van der Waals surface area contributed by atoms with E-state index in [4.69, 9.17) is 11.6 Å². The Balaban J connectivity index is -0.000000173. The van der Waals surface area contributed by atoms with E-state index in [-0.39, 0.29) is 16.5 Å². The summed E-state index contributed by atoms with van der Waals surface area (Å²) in [6.45, 7) is 16.2. The molecule has 0 saturated heterocycles. The van der Waals surface area contributed by atoms with Crippen LogP contribution in [0.5, 0.6) is 0 Å². The maximum absolute atomic E-state index is 12.5. The summed E-state index contributed by atoms with van der Waals surface area (Å²) in [5, 5.41) is 5.25. The first kappa shape index (κ1) is 35.2. The Bertz CT molecular complexity index is 506. The normalized spacial score (nSPS) is 9.17. The molecule has 0 atom stereocenters. The Morgan fingerprint density at radius 2 is 1.45 bits per heavy atom. The molecule has 7 heteroatoms. The number of aryl methyl sites for hydroxylation is 1. The number of hydrogen-bond donors (Lipinski definition) is 2. The Morgan fingerprint density at radius 1 is 1.03 bits per heavy atom. The molecular formula is C22H42ClF3N2O. The number of carbonyl (C=O) groups is 1. The van der Waals surface area contributed by atoms with Gasteiger partial charge in [-0.25, -0.2) is 0 Å². The molecule has 1 aromatic rings. The first-order valence-corrected chi connectivity index (χ1v) is 10.5. The number of rotatable bonds is 4. The molecule has 0 spiro atoms. The van der Waals surface area contributed by atoms with E-state index in [0.29, 0.717) is 12.1 Å². The van der Waals surface area contributed by atoms with Crippen molar-refractivity contribution < 1.29 is 18.0 Å². The highest BCUT2D eigenvalue weighted by Gasteiger charge is 2.34. The molecule has 3 nitrogen and oxygen atoms in total. The van der Waals surface area contributed by atoms with Gasteiger partial charge in [-0.3, -0.25) is 4.79 Å². The maximum atomic E-state index is 12.5. The van der Waals surface area contributed by atoms with Crippen molar-refractivity contribution in [2.24, 2.45) is 0 Å². The van der Waals surface area contributed by atoms with Crippen LogP contribution in [0.4, 0.5) is 18.9 Å². The van der Waals surface area contributed by atoms with Crippen LogP contribution in [0.3, 0.4) is 0 Å². The van der Waals surface area contributed by atoms with Gasteiger partial charge in [0.1, 0.15) is 5.78 Å². The third kappa shape index (κ3) is 22.9. The van der Waals surface area contributed by atoms with Crippen molar-refractivity contribution in [3.63, 3.8) is 0 Å². The molecule has 0 aliphatic heterocycles. The van der Waals surface area contributed by atoms with Crippen LogP contribution in [0, 0.1) is 6.92 Å². The van der Waals surface area contributed by atoms with Gasteiger partial charge in [0.15, 0.2) is 0 Å². The minimum Gasteiger partial charge on any atom is -0.386 e. The molecule has 0 radical (unpaired) electrons. The van der Waals surface area contributed by atoms with E-state index < -0.39 is 11.7 Å². The van der Waals surface area contributed by atoms with Crippen molar-refractivity contribution in [3.05, 3.63) is 28.3 Å². The van der Waals surface area contributed by atoms with Crippen molar-refractivity contribution in [2.75, 3.05) is 26.0 Å². The van der Waals surface area contributed by atoms with E-state index in [0.717, 1.165) is 6.07 Å². The van der Waals surface area contributed by atoms with E-state index >= 15 is 0 Å². The fourth-order valence-corrected chi connectivity index (χ4v) is 1.84. The average molecular weight is 443 g/mol. The van der Waals surface area contributed by atoms with Gasteiger partial charge in [-0.2, -0.15) is 13.2 Å². The Hall–Kier alpha value is -1.27. The Kier molecular flexibility index (Phi) is 27.9. The summed E-state index contributed by atoms with van der Waals surface area (Å²) in [6, 6.07) is 2.56. The second-order valence-electron chi connectivity index (χ2n) is 5.86. The number of Topliss-reactive ketones (excluding diaryl/α,β-unsaturated/α-hetero) is 1. The zero-order chi connectivity index (χ0) is 24.0. The lowest BCUT2D eigenvalue weighted by Gasteiger charge is -2.14. The largest absolute Gasteiger partial charge is 0.418 e. The molecule has 0 heterocycles. The second kappa shape index (κ2) is 23.0. The number of anilines is 1. The van der Waals surface area contributed by atoms with Crippen molar-refractivity contribution in [2.45, 2.75) is 80.8 Å². The molecule has 0 unspecified atom stereocenters. The molecule has 1 rings (SSSR count). The van der Waals surface area contributed by atoms with Crippen LogP contribution in [0.1, 0.15) is 78.9 Å². The van der Waals surface area contributed by atoms with Crippen LogP contribution in [-0.4, -0.2) is 26.4 Å². The summed E-state index contributed by atoms with van der Waals surface area (Å²) in [5.74, 6) is 0.178. The Labute approximate surface area is 181 Å². The van der Waals surface area contributed by atoms with Gasteiger partial charge in [0, 0.05) is 7.05 Å². The van der Waals surface area contributed by atoms with Gasteiger partial charge in [-0.15, -0.1) is 0 Å². The van der Waals surface area contributed by atoms with Gasteiger partial charge in [0.25, 0.3) is 0 Å². The molecular weight excluding hydrogens is 401 g/mol. The van der Waals surface area contributed by atoms with E-state index in [9.17, 15) is 18.0 Å². The van der Waals surface area contributed by atoms with Crippen LogP contribution in [0.2, 0.25) is 5.02 Å². The van der Waals surface area contributed by atoms with Gasteiger partial charge < -0.3 is 10.6 Å². The standard InChI is InChI=1S/C9H9ClF3N.C4H9NO.C4H10.C3H8.C2H6/c1-5-3-6(9(11,12)13)8(14-2)7(10)4-5;1-4(6)3-5-2;1-3-4-2;1-3-2;1-2/h3-4,14H,1-2H3;5H,3H2,1-2H3;3-4H2,1-2H3;3H2,1-2H3;1-2H3. The number of nitrogens with one attached hydrogen (secondary N) is 2. The molecule has 174 valence electrons. The molecule has 0 saturated carbocycles. The van der Waals surface area contributed by atoms with E-state index in [1.54, 1.807) is 20.9 Å². The van der Waals surface area contributed by atoms with Gasteiger partial charge in [-0.1, -0.05) is 72.4 Å². The predicted molar refractivity (Wildman–Crippen MR) is 123 cm³/mol. The molecule has 29 heavy (non-hydrogen) atoms. The summed E-state index contributed by atoms with van der Waals surface area (Å²) >= 11 is 5.68. The summed E-state index contributed by atoms with van der Waals surface area (Å²) < 4.78 is 37.5. The van der Waals surface area contributed by atoms with Gasteiger partial charge >= 0.3 is 6.18 Å². The number of hydrogen-bond acceptors (Lipinski definition) is 3. The highest BCUT2D eigenvalue weighted by Crippen LogP contribution is 2.39. The number of ketones is 1. The summed E-state index contributed by atoms with van der Waals surface area (Å²) in [5.41, 5.74) is -0.323. The summed E-state index contributed by atoms with van der Waals surface area (Å²) in [7, 11) is 3.16. The maximum Gasteiger partial charge on any atom is 0.418 e. The lowest BCUT2D eigenvalue weighted by molar-refractivity contribution is -0.137. The molecule has 1 aromatic carbocycles. The van der Waals surface area contributed by atoms with Crippen molar-refractivity contribution >= 4 is 23.1 Å². The number of carbonyl (C=O) groups excluding carboxylic acids is 1. The molecule has 0 aliphatic carbocycles. The zero-order valence-electron chi connectivity index (χ0n) is 19.9. The van der Waals surface area contributed by atoms with Gasteiger partial charge in [0.05, 0.1) is 22.8 Å². The smallest absolute Gasteiger partial charge is 0.386 e. The van der Waals surface area contributed by atoms with Crippen LogP contribution in [0.15, 0.2) is 12.1 Å². The quantitative estimate of drug-likeness (QED) is 0.500. The Morgan fingerprint density at radius 3 is 1.66 bits per heavy atom. The van der Waals surface area contributed by atoms with Gasteiger partial charge in [-0.05, 0) is 38.6 Å². The number of alkyl halides is 3. The van der Waals surface area contributed by atoms with Crippen LogP contribution < -0.4 is 10.6 Å². The zero-order valence-corrected chi connectivity index (χ0v) is 20.7. The van der Waals surface area contributed by atoms with Crippen LogP contribution in [-0.2, 0) is 11.0 Å². The lowest BCUT2D eigenvalue weighted by atomic mass is 10.1. The second-order valence-corrected chi connectivity index (χ2v) is 6.26. The van der Waals surface area contributed by atoms with Crippen molar-refractivity contribution in [1.29, 1.82) is 0 Å². The van der Waals surface area contributed by atoms with Crippen LogP contribution in [0.25, 0.3) is 0 Å². The van der Waals surface area contributed by atoms with E-state index in [1.807, 2.05) is 13.8 Å². The third-order valence-corrected chi connectivity index (χ3v) is 3.01. The fraction of sp³-hybridized carbons (Fsp3) is 0.682. The van der Waals surface area contributed by atoms with Crippen molar-refractivity contribution in [3.8, 4) is 0 Å². The molecule has 0 fully saturated rings. The molecule has 0 bridgehead atoms. The summed E-state index contributed by atoms with van der Waals surface area (Å²) in [6.07, 6.45) is -0.492. The number of likely N-dealkylation sites (N-methyl/N-ethyl adjacent to an activating group) is 1. The number of benzene rings is 1. The van der Waals surface area contributed by atoms with Gasteiger partial charge in [0.2, 0.25) is 0 Å². The topological polar surface area (TPSA) is 41.1 Å². The molecule has 2 N–H and O–H groups in total. The average Bonchev–Trinajstić information content (AvgIpc) is 2.63. The SMILES string of the molecule is CC.CCC.CCCC.CNCC(C)=O.CNc1c(Cl)cc(C)cc1C(F)(F)F. The van der Waals surface area contributed by atoms with E-state index in [2.05, 4.69) is 38.3 Å². The highest BCUT2D eigenvalue weighted by molar-refractivity contribution is 6.33. The van der Waals surface area contributed by atoms with E-state index in [1.165, 1.54) is 32.4 Å². The monoisotopic (exact) mass is 442 g/mol. The van der Waals surface area contributed by atoms with Crippen LogP contribution >= 0.6 is 11.6 Å². The fourth-order valence-electron chi connectivity index (χ4n) is 1.47. The minimum absolute atomic E-state index is 0.0789. The summed E-state index contributed by atoms with van der Waals surface area (Å²) in [4.78, 5) is 9.98. The first-order valence-electron chi connectivity index (χ1n) is 10.2. The lowest BCUT2D eigenvalue weighted by Crippen LogP contribution is -2.14. The predicted octanol–water partition coefficient (Wildman–Crippen LogP) is 7.75. The highest BCUT2D eigenvalue weighted by atomic mass is 35.5. The molecule has 0 aromatic heterocycles. The third-order valence-electron chi connectivity index (χ3n) is 2.72. The molecule has 0 aliphatic rings. The first-order chi connectivity index (χ1) is 13.5. The molecule has 0 amide bonds. The van der Waals surface area contributed by atoms with Crippen molar-refractivity contribution in [1.82, 2.24) is 5.32 Å². The minimum atomic E-state index is -4.38.